The maximum Gasteiger partial charge on any atom is 0.256 e. The quantitative estimate of drug-likeness (QED) is 0.640. The Labute approximate surface area is 157 Å². The molecule has 3 rings (SSSR count). The highest BCUT2D eigenvalue weighted by atomic mass is 35.5. The van der Waals surface area contributed by atoms with E-state index < -0.39 is 0 Å². The fourth-order valence-corrected chi connectivity index (χ4v) is 2.86. The van der Waals surface area contributed by atoms with Gasteiger partial charge in [0.15, 0.2) is 0 Å². The second-order valence-corrected chi connectivity index (χ2v) is 6.10. The second-order valence-electron chi connectivity index (χ2n) is 5.70. The van der Waals surface area contributed by atoms with Crippen molar-refractivity contribution in [2.45, 2.75) is 6.54 Å². The van der Waals surface area contributed by atoms with Crippen LogP contribution in [0.2, 0.25) is 5.02 Å². The van der Waals surface area contributed by atoms with Crippen molar-refractivity contribution in [2.75, 3.05) is 20.3 Å². The summed E-state index contributed by atoms with van der Waals surface area (Å²) in [5.41, 5.74) is 2.18. The van der Waals surface area contributed by atoms with E-state index in [1.54, 1.807) is 35.3 Å². The molecular formula is C19H19ClN4O2. The van der Waals surface area contributed by atoms with Crippen LogP contribution in [0.5, 0.6) is 0 Å². The zero-order valence-corrected chi connectivity index (χ0v) is 15.1. The summed E-state index contributed by atoms with van der Waals surface area (Å²) >= 11 is 6.28. The van der Waals surface area contributed by atoms with Crippen molar-refractivity contribution in [1.82, 2.24) is 19.7 Å². The van der Waals surface area contributed by atoms with Gasteiger partial charge >= 0.3 is 0 Å². The first kappa shape index (κ1) is 18.1. The molecule has 0 spiro atoms. The third-order valence-corrected chi connectivity index (χ3v) is 4.37. The summed E-state index contributed by atoms with van der Waals surface area (Å²) in [6.45, 7) is 1.29. The van der Waals surface area contributed by atoms with Crippen LogP contribution >= 0.6 is 11.6 Å². The Balaban J connectivity index is 1.92. The molecule has 1 amide bonds. The van der Waals surface area contributed by atoms with E-state index in [0.29, 0.717) is 30.3 Å². The third-order valence-electron chi connectivity index (χ3n) is 4.00. The fourth-order valence-electron chi connectivity index (χ4n) is 2.66. The van der Waals surface area contributed by atoms with Gasteiger partial charge in [-0.1, -0.05) is 41.9 Å². The molecule has 26 heavy (non-hydrogen) atoms. The van der Waals surface area contributed by atoms with Crippen molar-refractivity contribution < 1.29 is 9.53 Å². The smallest absolute Gasteiger partial charge is 0.256 e. The first-order valence-electron chi connectivity index (χ1n) is 8.16. The number of carbonyl (C=O) groups excluding carboxylic acids is 1. The number of amides is 1. The van der Waals surface area contributed by atoms with E-state index in [9.17, 15) is 4.79 Å². The number of para-hydroxylation sites is 1. The molecule has 6 nitrogen and oxygen atoms in total. The Morgan fingerprint density at radius 1 is 1.12 bits per heavy atom. The Morgan fingerprint density at radius 2 is 1.81 bits per heavy atom. The Hall–Kier alpha value is -2.70. The number of nitrogens with zero attached hydrogens (tertiary/aromatic N) is 4. The lowest BCUT2D eigenvalue weighted by Gasteiger charge is -2.24. The largest absolute Gasteiger partial charge is 0.383 e. The molecule has 3 aromatic rings. The van der Waals surface area contributed by atoms with Gasteiger partial charge in [-0.05, 0) is 23.8 Å². The molecule has 0 N–H and O–H groups in total. The van der Waals surface area contributed by atoms with Crippen molar-refractivity contribution >= 4 is 17.5 Å². The van der Waals surface area contributed by atoms with Crippen molar-refractivity contribution in [2.24, 2.45) is 0 Å². The molecule has 134 valence electrons. The number of hydrogen-bond acceptors (Lipinski definition) is 4. The first-order valence-corrected chi connectivity index (χ1v) is 8.54. The van der Waals surface area contributed by atoms with Crippen molar-refractivity contribution in [3.8, 4) is 5.69 Å². The topological polar surface area (TPSA) is 60.2 Å². The minimum atomic E-state index is -0.105. The molecule has 0 aliphatic rings. The molecule has 0 unspecified atom stereocenters. The highest BCUT2D eigenvalue weighted by molar-refractivity contribution is 6.31. The summed E-state index contributed by atoms with van der Waals surface area (Å²) in [5, 5.41) is 8.28. The standard InChI is InChI=1S/C19H19ClN4O2/c1-26-11-10-23(12-15-6-2-4-8-17(15)20)19(25)16-7-3-5-9-18(16)24-13-21-22-14-24/h2-9,13-14H,10-12H2,1H3. The van der Waals surface area contributed by atoms with Gasteiger partial charge in [-0.3, -0.25) is 9.36 Å². The van der Waals surface area contributed by atoms with E-state index in [-0.39, 0.29) is 5.91 Å². The lowest BCUT2D eigenvalue weighted by Crippen LogP contribution is -2.34. The number of methoxy groups -OCH3 is 1. The van der Waals surface area contributed by atoms with Crippen LogP contribution in [-0.4, -0.2) is 45.8 Å². The predicted octanol–water partition coefficient (Wildman–Crippen LogP) is 3.21. The number of rotatable bonds is 7. The van der Waals surface area contributed by atoms with Gasteiger partial charge in [0, 0.05) is 25.2 Å². The molecule has 0 bridgehead atoms. The molecule has 2 aromatic carbocycles. The van der Waals surface area contributed by atoms with E-state index >= 15 is 0 Å². The number of carbonyl (C=O) groups is 1. The van der Waals surface area contributed by atoms with Gasteiger partial charge in [0.2, 0.25) is 0 Å². The van der Waals surface area contributed by atoms with E-state index in [1.165, 1.54) is 0 Å². The van der Waals surface area contributed by atoms with Crippen LogP contribution in [0.3, 0.4) is 0 Å². The number of benzene rings is 2. The monoisotopic (exact) mass is 370 g/mol. The van der Waals surface area contributed by atoms with Crippen LogP contribution in [0, 0.1) is 0 Å². The molecular weight excluding hydrogens is 352 g/mol. The molecule has 0 saturated heterocycles. The first-order chi connectivity index (χ1) is 12.7. The highest BCUT2D eigenvalue weighted by Crippen LogP contribution is 2.21. The third kappa shape index (κ3) is 4.09. The number of ether oxygens (including phenoxy) is 1. The average Bonchev–Trinajstić information content (AvgIpc) is 3.20. The lowest BCUT2D eigenvalue weighted by atomic mass is 10.1. The van der Waals surface area contributed by atoms with Gasteiger partial charge in [0.05, 0.1) is 17.9 Å². The lowest BCUT2D eigenvalue weighted by molar-refractivity contribution is 0.0680. The molecule has 0 aliphatic carbocycles. The summed E-state index contributed by atoms with van der Waals surface area (Å²) in [7, 11) is 1.61. The van der Waals surface area contributed by atoms with E-state index in [4.69, 9.17) is 16.3 Å². The number of halogens is 1. The minimum Gasteiger partial charge on any atom is -0.383 e. The van der Waals surface area contributed by atoms with Crippen LogP contribution in [0.4, 0.5) is 0 Å². The van der Waals surface area contributed by atoms with Gasteiger partial charge in [-0.15, -0.1) is 10.2 Å². The van der Waals surface area contributed by atoms with Crippen molar-refractivity contribution in [3.63, 3.8) is 0 Å². The zero-order valence-electron chi connectivity index (χ0n) is 14.4. The summed E-state index contributed by atoms with van der Waals surface area (Å²) in [4.78, 5) is 15.0. The minimum absolute atomic E-state index is 0.105. The maximum absolute atomic E-state index is 13.3. The number of hydrogen-bond donors (Lipinski definition) is 0. The van der Waals surface area contributed by atoms with Crippen LogP contribution < -0.4 is 0 Å². The van der Waals surface area contributed by atoms with E-state index in [1.807, 2.05) is 42.5 Å². The highest BCUT2D eigenvalue weighted by Gasteiger charge is 2.20. The summed E-state index contributed by atoms with van der Waals surface area (Å²) in [5.74, 6) is -0.105. The van der Waals surface area contributed by atoms with Crippen molar-refractivity contribution in [3.05, 3.63) is 77.3 Å². The zero-order chi connectivity index (χ0) is 18.4. The second kappa shape index (κ2) is 8.60. The fraction of sp³-hybridized carbons (Fsp3) is 0.211. The van der Waals surface area contributed by atoms with Gasteiger partial charge in [-0.25, -0.2) is 0 Å². The number of aromatic nitrogens is 3. The maximum atomic E-state index is 13.3. The van der Waals surface area contributed by atoms with E-state index in [0.717, 1.165) is 11.3 Å². The predicted molar refractivity (Wildman–Crippen MR) is 99.4 cm³/mol. The molecule has 1 heterocycles. The van der Waals surface area contributed by atoms with Gasteiger partial charge < -0.3 is 9.64 Å². The van der Waals surface area contributed by atoms with Crippen LogP contribution in [-0.2, 0) is 11.3 Å². The van der Waals surface area contributed by atoms with Gasteiger partial charge in [-0.2, -0.15) is 0 Å². The van der Waals surface area contributed by atoms with Gasteiger partial charge in [0.25, 0.3) is 5.91 Å². The SMILES string of the molecule is COCCN(Cc1ccccc1Cl)C(=O)c1ccccc1-n1cnnc1. The molecule has 0 atom stereocenters. The summed E-state index contributed by atoms with van der Waals surface area (Å²) in [6, 6.07) is 14.9. The molecule has 1 aromatic heterocycles. The average molecular weight is 371 g/mol. The molecule has 0 saturated carbocycles. The van der Waals surface area contributed by atoms with Crippen molar-refractivity contribution in [1.29, 1.82) is 0 Å². The van der Waals surface area contributed by atoms with E-state index in [2.05, 4.69) is 10.2 Å². The normalized spacial score (nSPS) is 10.7. The van der Waals surface area contributed by atoms with Gasteiger partial charge in [0.1, 0.15) is 12.7 Å². The molecule has 0 aliphatic heterocycles. The molecule has 7 heteroatoms. The summed E-state index contributed by atoms with van der Waals surface area (Å²) < 4.78 is 6.90. The van der Waals surface area contributed by atoms with Crippen LogP contribution in [0.15, 0.2) is 61.2 Å². The van der Waals surface area contributed by atoms with Crippen LogP contribution in [0.1, 0.15) is 15.9 Å². The Morgan fingerprint density at radius 3 is 2.54 bits per heavy atom. The molecule has 0 fully saturated rings. The molecule has 0 radical (unpaired) electrons. The summed E-state index contributed by atoms with van der Waals surface area (Å²) in [6.07, 6.45) is 3.14. The van der Waals surface area contributed by atoms with Crippen LogP contribution in [0.25, 0.3) is 5.69 Å². The Kier molecular flexibility index (Phi) is 5.99. The Bertz CT molecular complexity index is 867.